The summed E-state index contributed by atoms with van der Waals surface area (Å²) in [5.41, 5.74) is -0.954. The fourth-order valence-electron chi connectivity index (χ4n) is 4.64. The third-order valence-corrected chi connectivity index (χ3v) is 7.56. The van der Waals surface area contributed by atoms with Gasteiger partial charge in [0.15, 0.2) is 22.1 Å². The van der Waals surface area contributed by atoms with Gasteiger partial charge in [-0.15, -0.1) is 5.10 Å². The monoisotopic (exact) mass is 521 g/mol. The highest BCUT2D eigenvalue weighted by Gasteiger charge is 2.54. The number of carbonyl (C=O) groups excluding carboxylic acids is 1. The number of fused-ring (bicyclic) bond motifs is 2. The van der Waals surface area contributed by atoms with E-state index in [1.165, 1.54) is 16.4 Å². The average molecular weight is 522 g/mol. The van der Waals surface area contributed by atoms with Crippen LogP contribution in [0.2, 0.25) is 0 Å². The summed E-state index contributed by atoms with van der Waals surface area (Å²) in [6.07, 6.45) is -0.802. The molecular formula is C25H27N7O4S. The Morgan fingerprint density at radius 2 is 1.97 bits per heavy atom. The summed E-state index contributed by atoms with van der Waals surface area (Å²) in [5, 5.41) is 38.6. The van der Waals surface area contributed by atoms with Crippen LogP contribution >= 0.6 is 11.8 Å². The van der Waals surface area contributed by atoms with Crippen LogP contribution in [-0.2, 0) is 10.5 Å². The molecule has 0 saturated heterocycles. The number of alkyl carbamates (subject to hydrolysis) is 1. The van der Waals surface area contributed by atoms with Gasteiger partial charge in [0, 0.05) is 23.9 Å². The third-order valence-electron chi connectivity index (χ3n) is 6.70. The number of hydrogen-bond donors (Lipinski definition) is 4. The fourth-order valence-corrected chi connectivity index (χ4v) is 5.44. The first-order valence-corrected chi connectivity index (χ1v) is 13.2. The molecule has 2 aliphatic carbocycles. The van der Waals surface area contributed by atoms with E-state index < -0.39 is 24.0 Å². The van der Waals surface area contributed by atoms with Gasteiger partial charge in [-0.3, -0.25) is 0 Å². The first-order valence-electron chi connectivity index (χ1n) is 12.4. The molecule has 0 radical (unpaired) electrons. The zero-order chi connectivity index (χ0) is 25.6. The van der Waals surface area contributed by atoms with E-state index in [2.05, 4.69) is 45.2 Å². The minimum atomic E-state index is -1.66. The van der Waals surface area contributed by atoms with E-state index >= 15 is 0 Å². The predicted molar refractivity (Wildman–Crippen MR) is 137 cm³/mol. The van der Waals surface area contributed by atoms with Gasteiger partial charge >= 0.3 is 6.09 Å². The molecule has 2 saturated carbocycles. The summed E-state index contributed by atoms with van der Waals surface area (Å²) in [4.78, 5) is 22.9. The summed E-state index contributed by atoms with van der Waals surface area (Å²) >= 11 is 1.39. The van der Waals surface area contributed by atoms with Gasteiger partial charge in [-0.1, -0.05) is 35.5 Å². The number of aliphatic hydroxyl groups is 2. The molecule has 0 spiro atoms. The molecule has 1 amide bonds. The summed E-state index contributed by atoms with van der Waals surface area (Å²) in [6.45, 7) is 2.11. The smallest absolute Gasteiger partial charge is 0.409 e. The molecule has 12 heteroatoms. The maximum absolute atomic E-state index is 12.5. The number of hydrogen-bond acceptors (Lipinski definition) is 10. The number of carbonyl (C=O) groups is 1. The van der Waals surface area contributed by atoms with Crippen molar-refractivity contribution in [1.82, 2.24) is 30.3 Å². The molecule has 1 unspecified atom stereocenters. The average Bonchev–Trinajstić information content (AvgIpc) is 3.53. The van der Waals surface area contributed by atoms with Gasteiger partial charge < -0.3 is 25.6 Å². The first kappa shape index (κ1) is 23.9. The molecule has 3 atom stereocenters. The molecule has 6 rings (SSSR count). The number of benzene rings is 2. The molecule has 2 aromatic heterocycles. The van der Waals surface area contributed by atoms with Crippen molar-refractivity contribution >= 4 is 45.6 Å². The van der Waals surface area contributed by atoms with E-state index in [0.717, 1.165) is 28.5 Å². The van der Waals surface area contributed by atoms with E-state index in [1.807, 2.05) is 18.2 Å². The zero-order valence-corrected chi connectivity index (χ0v) is 21.0. The van der Waals surface area contributed by atoms with Crippen LogP contribution < -0.4 is 10.6 Å². The molecular weight excluding hydrogens is 494 g/mol. The van der Waals surface area contributed by atoms with E-state index in [4.69, 9.17) is 14.7 Å². The quantitative estimate of drug-likeness (QED) is 0.268. The Balaban J connectivity index is 1.45. The molecule has 11 nitrogen and oxygen atoms in total. The molecule has 4 aromatic rings. The normalized spacial score (nSPS) is 23.4. The van der Waals surface area contributed by atoms with E-state index in [1.54, 1.807) is 6.92 Å². The second kappa shape index (κ2) is 9.43. The van der Waals surface area contributed by atoms with Crippen LogP contribution in [-0.4, -0.2) is 66.1 Å². The molecule has 2 heterocycles. The highest BCUT2D eigenvalue weighted by Crippen LogP contribution is 2.41. The number of nitrogens with zero attached hydrogens (tertiary/aromatic N) is 5. The minimum absolute atomic E-state index is 0.146. The maximum atomic E-state index is 12.5. The van der Waals surface area contributed by atoms with Crippen LogP contribution in [0.5, 0.6) is 0 Å². The van der Waals surface area contributed by atoms with Gasteiger partial charge in [0.05, 0.1) is 6.10 Å². The summed E-state index contributed by atoms with van der Waals surface area (Å²) in [5.74, 6) is 0.531. The van der Waals surface area contributed by atoms with Gasteiger partial charge in [0.25, 0.3) is 0 Å². The van der Waals surface area contributed by atoms with Gasteiger partial charge in [-0.2, -0.15) is 4.68 Å². The Kier molecular flexibility index (Phi) is 6.09. The van der Waals surface area contributed by atoms with Crippen molar-refractivity contribution in [3.8, 4) is 0 Å². The third kappa shape index (κ3) is 4.45. The summed E-state index contributed by atoms with van der Waals surface area (Å²) < 4.78 is 7.05. The summed E-state index contributed by atoms with van der Waals surface area (Å²) in [7, 11) is 0. The van der Waals surface area contributed by atoms with Crippen molar-refractivity contribution in [3.05, 3.63) is 42.5 Å². The van der Waals surface area contributed by atoms with Gasteiger partial charge in [-0.25, -0.2) is 14.8 Å². The van der Waals surface area contributed by atoms with Gasteiger partial charge in [-0.05, 0) is 60.9 Å². The lowest BCUT2D eigenvalue weighted by atomic mass is 10.1. The standard InChI is InChI=1S/C25H27N7O4S/c1-2-26-24(35)36-25(12-11-18(33)20(25)34)32-22-19(30-31-32)21(27-16-8-9-16)28-23(29-22)37-17-10-7-14-5-3-4-6-15(14)13-17/h3-7,10,13,16,18,20,33-34H,2,8-9,11-12H2,1H3,(H,26,35)(H,27,28,29)/t18-,20-,25?/m1/s1. The van der Waals surface area contributed by atoms with E-state index in [0.29, 0.717) is 34.7 Å². The summed E-state index contributed by atoms with van der Waals surface area (Å²) in [6, 6.07) is 14.5. The number of anilines is 1. The number of aromatic nitrogens is 5. The topological polar surface area (TPSA) is 147 Å². The van der Waals surface area contributed by atoms with Gasteiger partial charge in [0.2, 0.25) is 5.72 Å². The maximum Gasteiger partial charge on any atom is 0.409 e. The van der Waals surface area contributed by atoms with Crippen molar-refractivity contribution in [3.63, 3.8) is 0 Å². The lowest BCUT2D eigenvalue weighted by Gasteiger charge is -2.32. The highest BCUT2D eigenvalue weighted by molar-refractivity contribution is 7.99. The molecule has 2 aliphatic rings. The van der Waals surface area contributed by atoms with Crippen molar-refractivity contribution in [2.24, 2.45) is 0 Å². The Hall–Kier alpha value is -3.48. The molecule has 2 fully saturated rings. The molecule has 4 N–H and O–H groups in total. The Labute approximate surface area is 216 Å². The van der Waals surface area contributed by atoms with Gasteiger partial charge in [0.1, 0.15) is 6.10 Å². The minimum Gasteiger partial charge on any atom is -0.418 e. The van der Waals surface area contributed by atoms with Crippen molar-refractivity contribution < 1.29 is 19.7 Å². The Morgan fingerprint density at radius 3 is 2.70 bits per heavy atom. The lowest BCUT2D eigenvalue weighted by Crippen LogP contribution is -2.50. The van der Waals surface area contributed by atoms with E-state index in [-0.39, 0.29) is 12.8 Å². The number of rotatable bonds is 7. The van der Waals surface area contributed by atoms with Crippen LogP contribution in [0.25, 0.3) is 21.9 Å². The number of ether oxygens (including phenoxy) is 1. The zero-order valence-electron chi connectivity index (χ0n) is 20.2. The molecule has 0 aliphatic heterocycles. The largest absolute Gasteiger partial charge is 0.418 e. The van der Waals surface area contributed by atoms with E-state index in [9.17, 15) is 15.0 Å². The predicted octanol–water partition coefficient (Wildman–Crippen LogP) is 3.01. The van der Waals surface area contributed by atoms with Crippen LogP contribution in [0, 0.1) is 0 Å². The SMILES string of the molecule is CCNC(=O)OC1(n2nnc3c(NC4CC4)nc(Sc4ccc5ccccc5c4)nc32)CC[C@@H](O)[C@H]1O. The Bertz CT molecular complexity index is 1480. The molecule has 0 bridgehead atoms. The number of amides is 1. The van der Waals surface area contributed by atoms with Crippen LogP contribution in [0.3, 0.4) is 0 Å². The molecule has 37 heavy (non-hydrogen) atoms. The van der Waals surface area contributed by atoms with Crippen molar-refractivity contribution in [2.75, 3.05) is 11.9 Å². The second-order valence-corrected chi connectivity index (χ2v) is 10.4. The van der Waals surface area contributed by atoms with Crippen molar-refractivity contribution in [1.29, 1.82) is 0 Å². The highest BCUT2D eigenvalue weighted by atomic mass is 32.2. The molecule has 192 valence electrons. The number of nitrogens with one attached hydrogen (secondary N) is 2. The second-order valence-electron chi connectivity index (χ2n) is 9.37. The lowest BCUT2D eigenvalue weighted by molar-refractivity contribution is -0.145. The number of aliphatic hydroxyl groups excluding tert-OH is 2. The molecule has 2 aromatic carbocycles. The fraction of sp³-hybridized carbons (Fsp3) is 0.400. The van der Waals surface area contributed by atoms with Crippen LogP contribution in [0.15, 0.2) is 52.5 Å². The van der Waals surface area contributed by atoms with Crippen LogP contribution in [0.4, 0.5) is 10.6 Å². The van der Waals surface area contributed by atoms with Crippen molar-refractivity contribution in [2.45, 2.75) is 66.6 Å². The Morgan fingerprint density at radius 1 is 1.16 bits per heavy atom. The van der Waals surface area contributed by atoms with Crippen LogP contribution in [0.1, 0.15) is 32.6 Å². The first-order chi connectivity index (χ1) is 18.0.